The van der Waals surface area contributed by atoms with Crippen molar-refractivity contribution in [2.45, 2.75) is 25.7 Å². The van der Waals surface area contributed by atoms with E-state index in [1.165, 1.54) is 11.3 Å². The van der Waals surface area contributed by atoms with Gasteiger partial charge in [0.2, 0.25) is 0 Å². The normalized spacial score (nSPS) is 16.7. The van der Waals surface area contributed by atoms with Crippen LogP contribution in [-0.4, -0.2) is 10.8 Å². The quantitative estimate of drug-likeness (QED) is 0.781. The van der Waals surface area contributed by atoms with Crippen molar-refractivity contribution >= 4 is 38.9 Å². The van der Waals surface area contributed by atoms with Gasteiger partial charge in [-0.3, -0.25) is 4.79 Å². The summed E-state index contributed by atoms with van der Waals surface area (Å²) in [5, 5.41) is 10.5. The number of nitriles is 1. The Bertz CT molecular complexity index is 783. The van der Waals surface area contributed by atoms with Crippen LogP contribution in [0.3, 0.4) is 0 Å². The summed E-state index contributed by atoms with van der Waals surface area (Å²) in [7, 11) is 0. The summed E-state index contributed by atoms with van der Waals surface area (Å²) in [4.78, 5) is 16.7. The van der Waals surface area contributed by atoms with Crippen molar-refractivity contribution in [2.24, 2.45) is 5.92 Å². The van der Waals surface area contributed by atoms with E-state index in [0.717, 1.165) is 28.6 Å². The van der Waals surface area contributed by atoms with Gasteiger partial charge in [0.1, 0.15) is 5.01 Å². The maximum absolute atomic E-state index is 12.3. The van der Waals surface area contributed by atoms with Crippen LogP contribution in [0, 0.1) is 17.2 Å². The third-order valence-corrected chi connectivity index (χ3v) is 4.95. The molecule has 21 heavy (non-hydrogen) atoms. The predicted octanol–water partition coefficient (Wildman–Crippen LogP) is 4.48. The van der Waals surface area contributed by atoms with E-state index in [-0.39, 0.29) is 5.78 Å². The van der Waals surface area contributed by atoms with E-state index in [0.29, 0.717) is 15.9 Å². The van der Waals surface area contributed by atoms with Crippen molar-refractivity contribution in [3.8, 4) is 6.07 Å². The molecule has 1 atom stereocenters. The zero-order chi connectivity index (χ0) is 15.0. The van der Waals surface area contributed by atoms with E-state index in [1.807, 2.05) is 13.0 Å². The number of allylic oxidation sites excluding steroid dienone is 2. The lowest BCUT2D eigenvalue weighted by atomic mass is 10.0. The highest BCUT2D eigenvalue weighted by molar-refractivity contribution is 7.18. The first-order valence-corrected chi connectivity index (χ1v) is 7.95. The monoisotopic (exact) mass is 316 g/mol. The Morgan fingerprint density at radius 2 is 2.33 bits per heavy atom. The SMILES string of the molecule is C/C(=C/C(=O)C(C#N)c1nc2cc(Cl)ccc2s1)C1CC1. The number of aromatic nitrogens is 1. The summed E-state index contributed by atoms with van der Waals surface area (Å²) < 4.78 is 0.936. The molecule has 3 nitrogen and oxygen atoms in total. The predicted molar refractivity (Wildman–Crippen MR) is 84.5 cm³/mol. The van der Waals surface area contributed by atoms with Crippen LogP contribution in [0.15, 0.2) is 29.8 Å². The number of ketones is 1. The summed E-state index contributed by atoms with van der Waals surface area (Å²) in [5.41, 5.74) is 1.81. The Hall–Kier alpha value is -1.70. The molecular weight excluding hydrogens is 304 g/mol. The number of fused-ring (bicyclic) bond motifs is 1. The van der Waals surface area contributed by atoms with Gasteiger partial charge in [-0.25, -0.2) is 4.98 Å². The highest BCUT2D eigenvalue weighted by atomic mass is 35.5. The molecular formula is C16H13ClN2OS. The summed E-state index contributed by atoms with van der Waals surface area (Å²) in [5.74, 6) is -0.468. The zero-order valence-corrected chi connectivity index (χ0v) is 13.0. The molecule has 0 amide bonds. The molecule has 5 heteroatoms. The summed E-state index contributed by atoms with van der Waals surface area (Å²) in [6.45, 7) is 1.96. The Balaban J connectivity index is 1.92. The smallest absolute Gasteiger partial charge is 0.179 e. The van der Waals surface area contributed by atoms with Crippen molar-refractivity contribution < 1.29 is 4.79 Å². The maximum atomic E-state index is 12.3. The van der Waals surface area contributed by atoms with Crippen molar-refractivity contribution in [1.82, 2.24) is 4.98 Å². The summed E-state index contributed by atoms with van der Waals surface area (Å²) in [6.07, 6.45) is 3.91. The minimum atomic E-state index is -0.824. The lowest BCUT2D eigenvalue weighted by molar-refractivity contribution is -0.114. The molecule has 0 N–H and O–H groups in total. The Morgan fingerprint density at radius 3 is 3.00 bits per heavy atom. The molecule has 2 aromatic rings. The van der Waals surface area contributed by atoms with Gasteiger partial charge in [-0.1, -0.05) is 17.2 Å². The summed E-state index contributed by atoms with van der Waals surface area (Å²) >= 11 is 7.31. The molecule has 3 rings (SSSR count). The lowest BCUT2D eigenvalue weighted by Gasteiger charge is -2.02. The average Bonchev–Trinajstić information content (AvgIpc) is 3.21. The van der Waals surface area contributed by atoms with Gasteiger partial charge in [0, 0.05) is 5.02 Å². The first kappa shape index (κ1) is 14.2. The van der Waals surface area contributed by atoms with Crippen LogP contribution in [0.1, 0.15) is 30.7 Å². The molecule has 1 saturated carbocycles. The number of thiazole rings is 1. The molecule has 0 spiro atoms. The van der Waals surface area contributed by atoms with Crippen molar-refractivity contribution in [3.05, 3.63) is 39.9 Å². The molecule has 1 aliphatic carbocycles. The van der Waals surface area contributed by atoms with Crippen LogP contribution in [-0.2, 0) is 4.79 Å². The molecule has 0 radical (unpaired) electrons. The zero-order valence-electron chi connectivity index (χ0n) is 11.5. The first-order valence-electron chi connectivity index (χ1n) is 6.76. The standard InChI is InChI=1S/C16H13ClN2OS/c1-9(10-2-3-10)6-14(20)12(8-18)16-19-13-7-11(17)4-5-15(13)21-16/h4-7,10,12H,2-3H2,1H3/b9-6-. The number of halogens is 1. The van der Waals surface area contributed by atoms with Crippen LogP contribution >= 0.6 is 22.9 Å². The Labute approximate surface area is 131 Å². The van der Waals surface area contributed by atoms with Gasteiger partial charge in [-0.05, 0) is 50.0 Å². The van der Waals surface area contributed by atoms with Crippen LogP contribution in [0.2, 0.25) is 5.02 Å². The second-order valence-electron chi connectivity index (χ2n) is 5.29. The van der Waals surface area contributed by atoms with Gasteiger partial charge in [-0.2, -0.15) is 5.26 Å². The third-order valence-electron chi connectivity index (χ3n) is 3.62. The van der Waals surface area contributed by atoms with E-state index >= 15 is 0 Å². The van der Waals surface area contributed by atoms with E-state index in [9.17, 15) is 10.1 Å². The van der Waals surface area contributed by atoms with E-state index in [2.05, 4.69) is 11.1 Å². The van der Waals surface area contributed by atoms with Crippen molar-refractivity contribution in [2.75, 3.05) is 0 Å². The molecule has 1 aromatic heterocycles. The van der Waals surface area contributed by atoms with Crippen LogP contribution in [0.4, 0.5) is 0 Å². The molecule has 1 aliphatic rings. The number of hydrogen-bond acceptors (Lipinski definition) is 4. The van der Waals surface area contributed by atoms with Gasteiger partial charge in [0.05, 0.1) is 16.3 Å². The van der Waals surface area contributed by atoms with Gasteiger partial charge >= 0.3 is 0 Å². The minimum Gasteiger partial charge on any atom is -0.293 e. The van der Waals surface area contributed by atoms with Gasteiger partial charge < -0.3 is 0 Å². The van der Waals surface area contributed by atoms with E-state index in [4.69, 9.17) is 11.6 Å². The second-order valence-corrected chi connectivity index (χ2v) is 6.79. The Morgan fingerprint density at radius 1 is 1.57 bits per heavy atom. The van der Waals surface area contributed by atoms with E-state index in [1.54, 1.807) is 18.2 Å². The largest absolute Gasteiger partial charge is 0.293 e. The Kier molecular flexibility index (Phi) is 3.79. The maximum Gasteiger partial charge on any atom is 0.179 e. The summed E-state index contributed by atoms with van der Waals surface area (Å²) in [6, 6.07) is 7.48. The fourth-order valence-electron chi connectivity index (χ4n) is 2.25. The van der Waals surface area contributed by atoms with Gasteiger partial charge in [0.25, 0.3) is 0 Å². The van der Waals surface area contributed by atoms with Crippen molar-refractivity contribution in [3.63, 3.8) is 0 Å². The number of hydrogen-bond donors (Lipinski definition) is 0. The minimum absolute atomic E-state index is 0.174. The second kappa shape index (κ2) is 5.59. The molecule has 0 saturated heterocycles. The molecule has 0 aliphatic heterocycles. The number of carbonyl (C=O) groups excluding carboxylic acids is 1. The van der Waals surface area contributed by atoms with Gasteiger partial charge in [0.15, 0.2) is 11.7 Å². The average molecular weight is 317 g/mol. The fourth-order valence-corrected chi connectivity index (χ4v) is 3.41. The van der Waals surface area contributed by atoms with Crippen LogP contribution < -0.4 is 0 Å². The third kappa shape index (κ3) is 2.99. The first-order chi connectivity index (χ1) is 10.1. The highest BCUT2D eigenvalue weighted by Gasteiger charge is 2.27. The van der Waals surface area contributed by atoms with Gasteiger partial charge in [-0.15, -0.1) is 11.3 Å². The highest BCUT2D eigenvalue weighted by Crippen LogP contribution is 2.37. The number of carbonyl (C=O) groups is 1. The van der Waals surface area contributed by atoms with Crippen molar-refractivity contribution in [1.29, 1.82) is 5.26 Å². The number of rotatable bonds is 4. The molecule has 106 valence electrons. The topological polar surface area (TPSA) is 53.8 Å². The van der Waals surface area contributed by atoms with E-state index < -0.39 is 5.92 Å². The molecule has 1 unspecified atom stereocenters. The molecule has 0 bridgehead atoms. The number of benzene rings is 1. The number of nitrogens with zero attached hydrogens (tertiary/aromatic N) is 2. The van der Waals surface area contributed by atoms with Crippen LogP contribution in [0.25, 0.3) is 10.2 Å². The van der Waals surface area contributed by atoms with Crippen LogP contribution in [0.5, 0.6) is 0 Å². The molecule has 1 aromatic carbocycles. The fraction of sp³-hybridized carbons (Fsp3) is 0.312. The lowest BCUT2D eigenvalue weighted by Crippen LogP contribution is -2.08. The molecule has 1 heterocycles. The molecule has 1 fully saturated rings.